The van der Waals surface area contributed by atoms with E-state index < -0.39 is 0 Å². The van der Waals surface area contributed by atoms with Crippen LogP contribution in [0.3, 0.4) is 0 Å². The molecule has 0 amide bonds. The van der Waals surface area contributed by atoms with E-state index in [1.165, 1.54) is 0 Å². The smallest absolute Gasteiger partial charge is 0.211 e. The number of para-hydroxylation sites is 2. The summed E-state index contributed by atoms with van der Waals surface area (Å²) in [4.78, 5) is 0. The quantitative estimate of drug-likeness (QED) is 0.683. The molecule has 72 valence electrons. The summed E-state index contributed by atoms with van der Waals surface area (Å²) in [5.74, 6) is 1.12. The number of hydrogen-bond donors (Lipinski definition) is 2. The van der Waals surface area contributed by atoms with Crippen LogP contribution in [-0.4, -0.2) is 20.6 Å². The first-order chi connectivity index (χ1) is 6.86. The lowest BCUT2D eigenvalue weighted by atomic mass is 10.3. The van der Waals surface area contributed by atoms with Crippen molar-refractivity contribution in [3.8, 4) is 5.75 Å². The summed E-state index contributed by atoms with van der Waals surface area (Å²) in [5, 5.41) is 13.2. The van der Waals surface area contributed by atoms with Crippen LogP contribution in [0, 0.1) is 0 Å². The number of nitrogens with one attached hydrogen (secondary N) is 1. The Morgan fingerprint density at radius 1 is 1.36 bits per heavy atom. The highest BCUT2D eigenvalue weighted by molar-refractivity contribution is 5.51. The minimum Gasteiger partial charge on any atom is -0.483 e. The number of tetrazole rings is 1. The lowest BCUT2D eigenvalue weighted by Gasteiger charge is -2.05. The van der Waals surface area contributed by atoms with Gasteiger partial charge in [-0.1, -0.05) is 17.3 Å². The van der Waals surface area contributed by atoms with Crippen molar-refractivity contribution < 1.29 is 4.74 Å². The normalized spacial score (nSPS) is 10.0. The maximum atomic E-state index is 5.67. The summed E-state index contributed by atoms with van der Waals surface area (Å²) < 4.78 is 5.37. The van der Waals surface area contributed by atoms with Gasteiger partial charge < -0.3 is 10.5 Å². The van der Waals surface area contributed by atoms with E-state index in [4.69, 9.17) is 10.5 Å². The lowest BCUT2D eigenvalue weighted by Crippen LogP contribution is -2.00. The number of nitrogens with zero attached hydrogens (tertiary/aromatic N) is 3. The van der Waals surface area contributed by atoms with Crippen LogP contribution in [0.4, 0.5) is 5.69 Å². The number of ether oxygens (including phenoxy) is 1. The van der Waals surface area contributed by atoms with E-state index >= 15 is 0 Å². The molecule has 0 radical (unpaired) electrons. The number of nitrogens with two attached hydrogens (primary N) is 1. The van der Waals surface area contributed by atoms with Gasteiger partial charge in [0.2, 0.25) is 5.82 Å². The van der Waals surface area contributed by atoms with Crippen LogP contribution >= 0.6 is 0 Å². The Morgan fingerprint density at radius 2 is 2.21 bits per heavy atom. The van der Waals surface area contributed by atoms with Crippen LogP contribution in [0.25, 0.3) is 0 Å². The summed E-state index contributed by atoms with van der Waals surface area (Å²) in [6.07, 6.45) is 0. The van der Waals surface area contributed by atoms with E-state index in [2.05, 4.69) is 20.6 Å². The molecule has 0 saturated carbocycles. The molecule has 6 heteroatoms. The number of nitrogen functional groups attached to an aromatic ring is 1. The van der Waals surface area contributed by atoms with Crippen LogP contribution in [0.2, 0.25) is 0 Å². The number of hydrogen-bond acceptors (Lipinski definition) is 5. The Balaban J connectivity index is 2.02. The largest absolute Gasteiger partial charge is 0.483 e. The second kappa shape index (κ2) is 3.73. The molecule has 1 aromatic carbocycles. The molecule has 2 rings (SSSR count). The molecule has 0 aliphatic heterocycles. The Bertz CT molecular complexity index is 400. The van der Waals surface area contributed by atoms with Crippen LogP contribution in [-0.2, 0) is 6.61 Å². The summed E-state index contributed by atoms with van der Waals surface area (Å²) in [5.41, 5.74) is 6.26. The Morgan fingerprint density at radius 3 is 2.93 bits per heavy atom. The number of benzene rings is 1. The molecule has 6 nitrogen and oxygen atoms in total. The first-order valence-electron chi connectivity index (χ1n) is 4.06. The molecule has 0 aliphatic carbocycles. The van der Waals surface area contributed by atoms with Crippen molar-refractivity contribution in [3.63, 3.8) is 0 Å². The summed E-state index contributed by atoms with van der Waals surface area (Å²) in [6, 6.07) is 7.25. The van der Waals surface area contributed by atoms with Crippen molar-refractivity contribution in [1.29, 1.82) is 0 Å². The van der Waals surface area contributed by atoms with E-state index in [0.717, 1.165) is 0 Å². The van der Waals surface area contributed by atoms with Crippen molar-refractivity contribution in [2.24, 2.45) is 0 Å². The third-order valence-corrected chi connectivity index (χ3v) is 1.66. The average Bonchev–Trinajstić information content (AvgIpc) is 2.69. The zero-order valence-corrected chi connectivity index (χ0v) is 7.34. The van der Waals surface area contributed by atoms with Crippen molar-refractivity contribution in [1.82, 2.24) is 20.6 Å². The third kappa shape index (κ3) is 1.79. The Hall–Kier alpha value is -2.11. The van der Waals surface area contributed by atoms with Crippen LogP contribution in [0.1, 0.15) is 5.82 Å². The van der Waals surface area contributed by atoms with Crippen LogP contribution in [0.15, 0.2) is 24.3 Å². The monoisotopic (exact) mass is 191 g/mol. The molecule has 0 fully saturated rings. The number of aromatic nitrogens is 4. The highest BCUT2D eigenvalue weighted by Gasteiger charge is 2.01. The molecule has 2 aromatic rings. The summed E-state index contributed by atoms with van der Waals surface area (Å²) in [6.45, 7) is 0.255. The number of rotatable bonds is 3. The van der Waals surface area contributed by atoms with E-state index in [-0.39, 0.29) is 6.61 Å². The Labute approximate surface area is 80.1 Å². The van der Waals surface area contributed by atoms with Crippen LogP contribution in [0.5, 0.6) is 5.75 Å². The number of H-pyrrole nitrogens is 1. The highest BCUT2D eigenvalue weighted by atomic mass is 16.5. The SMILES string of the molecule is Nc1ccccc1OCc1nn[nH]n1. The van der Waals surface area contributed by atoms with Gasteiger partial charge in [0.05, 0.1) is 5.69 Å². The molecule has 1 aromatic heterocycles. The van der Waals surface area contributed by atoms with Gasteiger partial charge in [-0.2, -0.15) is 5.21 Å². The molecule has 0 saturated heterocycles. The van der Waals surface area contributed by atoms with E-state index in [9.17, 15) is 0 Å². The van der Waals surface area contributed by atoms with Gasteiger partial charge >= 0.3 is 0 Å². The number of aromatic amines is 1. The molecule has 0 unspecified atom stereocenters. The van der Waals surface area contributed by atoms with E-state index in [1.807, 2.05) is 12.1 Å². The molecule has 0 atom stereocenters. The molecule has 14 heavy (non-hydrogen) atoms. The zero-order valence-electron chi connectivity index (χ0n) is 7.34. The van der Waals surface area contributed by atoms with Crippen molar-refractivity contribution >= 4 is 5.69 Å². The highest BCUT2D eigenvalue weighted by Crippen LogP contribution is 2.20. The molecule has 1 heterocycles. The van der Waals surface area contributed by atoms with Crippen LogP contribution < -0.4 is 10.5 Å². The molecule has 3 N–H and O–H groups in total. The standard InChI is InChI=1S/C8H9N5O/c9-6-3-1-2-4-7(6)14-5-8-10-12-13-11-8/h1-4H,5,9H2,(H,10,11,12,13). The van der Waals surface area contributed by atoms with Gasteiger partial charge in [-0.3, -0.25) is 0 Å². The third-order valence-electron chi connectivity index (χ3n) is 1.66. The van der Waals surface area contributed by atoms with Gasteiger partial charge in [-0.05, 0) is 12.1 Å². The second-order valence-electron chi connectivity index (χ2n) is 2.65. The fraction of sp³-hybridized carbons (Fsp3) is 0.125. The molecule has 0 aliphatic rings. The maximum absolute atomic E-state index is 5.67. The van der Waals surface area contributed by atoms with Gasteiger partial charge in [-0.15, -0.1) is 10.2 Å². The first-order valence-corrected chi connectivity index (χ1v) is 4.06. The van der Waals surface area contributed by atoms with Gasteiger partial charge in [0.25, 0.3) is 0 Å². The molecular weight excluding hydrogens is 182 g/mol. The minimum absolute atomic E-state index is 0.255. The average molecular weight is 191 g/mol. The van der Waals surface area contributed by atoms with E-state index in [0.29, 0.717) is 17.3 Å². The first kappa shape index (κ1) is 8.49. The van der Waals surface area contributed by atoms with Gasteiger partial charge in [0, 0.05) is 0 Å². The zero-order chi connectivity index (χ0) is 9.80. The molecule has 0 spiro atoms. The minimum atomic E-state index is 0.255. The maximum Gasteiger partial charge on any atom is 0.211 e. The van der Waals surface area contributed by atoms with Gasteiger partial charge in [0.1, 0.15) is 5.75 Å². The summed E-state index contributed by atoms with van der Waals surface area (Å²) in [7, 11) is 0. The van der Waals surface area contributed by atoms with Gasteiger partial charge in [0.15, 0.2) is 6.61 Å². The van der Waals surface area contributed by atoms with Gasteiger partial charge in [-0.25, -0.2) is 0 Å². The molecule has 0 bridgehead atoms. The predicted octanol–water partition coefficient (Wildman–Crippen LogP) is 0.361. The molecular formula is C8H9N5O. The van der Waals surface area contributed by atoms with E-state index in [1.54, 1.807) is 12.1 Å². The van der Waals surface area contributed by atoms with Crippen molar-refractivity contribution in [2.45, 2.75) is 6.61 Å². The second-order valence-corrected chi connectivity index (χ2v) is 2.65. The number of anilines is 1. The predicted molar refractivity (Wildman–Crippen MR) is 49.4 cm³/mol. The summed E-state index contributed by atoms with van der Waals surface area (Å²) >= 11 is 0. The topological polar surface area (TPSA) is 89.7 Å². The van der Waals surface area contributed by atoms with Crippen molar-refractivity contribution in [3.05, 3.63) is 30.1 Å². The Kier molecular flexibility index (Phi) is 2.26. The lowest BCUT2D eigenvalue weighted by molar-refractivity contribution is 0.297. The van der Waals surface area contributed by atoms with Crippen molar-refractivity contribution in [2.75, 3.05) is 5.73 Å². The fourth-order valence-electron chi connectivity index (χ4n) is 0.998. The fourth-order valence-corrected chi connectivity index (χ4v) is 0.998.